The molecule has 2 aromatic carbocycles. The summed E-state index contributed by atoms with van der Waals surface area (Å²) in [5.74, 6) is 1.81. The number of aromatic nitrogens is 3. The van der Waals surface area contributed by atoms with Crippen molar-refractivity contribution < 1.29 is 4.74 Å². The molecule has 3 saturated heterocycles. The number of benzene rings is 2. The van der Waals surface area contributed by atoms with Gasteiger partial charge >= 0.3 is 0 Å². The summed E-state index contributed by atoms with van der Waals surface area (Å²) in [5, 5.41) is 5.81. The third kappa shape index (κ3) is 3.88. The highest BCUT2D eigenvalue weighted by atomic mass is 16.5. The van der Waals surface area contributed by atoms with E-state index in [0.717, 1.165) is 71.9 Å². The van der Waals surface area contributed by atoms with Gasteiger partial charge in [-0.15, -0.1) is 0 Å². The number of hydrogen-bond donors (Lipinski definition) is 2. The van der Waals surface area contributed by atoms with Crippen LogP contribution in [0.1, 0.15) is 18.4 Å². The fourth-order valence-electron chi connectivity index (χ4n) is 6.22. The molecule has 3 fully saturated rings. The van der Waals surface area contributed by atoms with Gasteiger partial charge in [-0.05, 0) is 61.2 Å². The van der Waals surface area contributed by atoms with Crippen molar-refractivity contribution in [2.75, 3.05) is 57.4 Å². The molecule has 0 amide bonds. The molecule has 4 aromatic rings. The van der Waals surface area contributed by atoms with Gasteiger partial charge in [-0.1, -0.05) is 18.2 Å². The van der Waals surface area contributed by atoms with Gasteiger partial charge in [0.1, 0.15) is 5.82 Å². The highest BCUT2D eigenvalue weighted by molar-refractivity contribution is 5.97. The minimum atomic E-state index is 0.554. The van der Waals surface area contributed by atoms with E-state index in [1.807, 2.05) is 6.20 Å². The molecule has 0 bridgehead atoms. The van der Waals surface area contributed by atoms with E-state index >= 15 is 0 Å². The number of morpholine rings is 1. The van der Waals surface area contributed by atoms with E-state index in [4.69, 9.17) is 14.7 Å². The predicted molar refractivity (Wildman–Crippen MR) is 140 cm³/mol. The minimum absolute atomic E-state index is 0.554. The monoisotopic (exact) mass is 468 g/mol. The Balaban J connectivity index is 1.25. The minimum Gasteiger partial charge on any atom is -0.378 e. The summed E-state index contributed by atoms with van der Waals surface area (Å²) in [6.07, 6.45) is 4.61. The van der Waals surface area contributed by atoms with Crippen molar-refractivity contribution in [3.8, 4) is 11.4 Å². The number of hydrogen-bond acceptors (Lipinski definition) is 6. The van der Waals surface area contributed by atoms with Crippen LogP contribution in [0.3, 0.4) is 0 Å². The summed E-state index contributed by atoms with van der Waals surface area (Å²) in [6.45, 7) is 8.96. The van der Waals surface area contributed by atoms with E-state index in [1.54, 1.807) is 0 Å². The number of anilines is 1. The fraction of sp³-hybridized carbons (Fsp3) is 0.429. The van der Waals surface area contributed by atoms with E-state index in [0.29, 0.717) is 5.41 Å². The zero-order valence-electron chi connectivity index (χ0n) is 20.1. The van der Waals surface area contributed by atoms with Gasteiger partial charge in [-0.3, -0.25) is 4.90 Å². The largest absolute Gasteiger partial charge is 0.378 e. The second kappa shape index (κ2) is 8.59. The first-order valence-corrected chi connectivity index (χ1v) is 12.9. The Kier molecular flexibility index (Phi) is 5.23. The zero-order valence-corrected chi connectivity index (χ0v) is 20.1. The topological polar surface area (TPSA) is 69.3 Å². The Hall–Kier alpha value is -3.00. The SMILES string of the molecule is c1cc(-c2nc(N3CCOCC3)c3cc(CN4CC5(CCNCC5)C4)ccc3n2)c2cc[nH]c2c1. The first-order chi connectivity index (χ1) is 17.3. The van der Waals surface area contributed by atoms with Gasteiger partial charge in [0.2, 0.25) is 0 Å². The first kappa shape index (κ1) is 21.3. The molecule has 0 saturated carbocycles. The van der Waals surface area contributed by atoms with Gasteiger partial charge in [0.05, 0.1) is 18.7 Å². The van der Waals surface area contributed by atoms with Gasteiger partial charge in [0.25, 0.3) is 0 Å². The highest BCUT2D eigenvalue weighted by Crippen LogP contribution is 2.40. The van der Waals surface area contributed by atoms with Crippen LogP contribution in [0.4, 0.5) is 5.82 Å². The van der Waals surface area contributed by atoms with Crippen LogP contribution in [-0.2, 0) is 11.3 Å². The second-order valence-electron chi connectivity index (χ2n) is 10.5. The summed E-state index contributed by atoms with van der Waals surface area (Å²) in [7, 11) is 0. The number of fused-ring (bicyclic) bond motifs is 2. The maximum Gasteiger partial charge on any atom is 0.162 e. The third-order valence-electron chi connectivity index (χ3n) is 8.07. The number of likely N-dealkylation sites (tertiary alicyclic amines) is 1. The van der Waals surface area contributed by atoms with Crippen LogP contribution in [0, 0.1) is 5.41 Å². The quantitative estimate of drug-likeness (QED) is 0.475. The predicted octanol–water partition coefficient (Wildman–Crippen LogP) is 3.80. The molecule has 7 rings (SSSR count). The number of ether oxygens (including phenoxy) is 1. The van der Waals surface area contributed by atoms with Crippen molar-refractivity contribution in [2.45, 2.75) is 19.4 Å². The molecule has 2 N–H and O–H groups in total. The smallest absolute Gasteiger partial charge is 0.162 e. The molecule has 7 nitrogen and oxygen atoms in total. The van der Waals surface area contributed by atoms with E-state index in [9.17, 15) is 0 Å². The lowest BCUT2D eigenvalue weighted by Gasteiger charge is -2.52. The highest BCUT2D eigenvalue weighted by Gasteiger charge is 2.43. The molecule has 7 heteroatoms. The van der Waals surface area contributed by atoms with E-state index in [1.165, 1.54) is 44.6 Å². The number of nitrogens with one attached hydrogen (secondary N) is 2. The van der Waals surface area contributed by atoms with Crippen molar-refractivity contribution >= 4 is 27.6 Å². The Morgan fingerprint density at radius 3 is 2.66 bits per heavy atom. The summed E-state index contributed by atoms with van der Waals surface area (Å²) in [4.78, 5) is 18.5. The molecular formula is C28H32N6O. The molecule has 3 aliphatic heterocycles. The summed E-state index contributed by atoms with van der Waals surface area (Å²) in [5.41, 5.74) is 5.08. The van der Waals surface area contributed by atoms with Gasteiger partial charge in [0, 0.05) is 60.8 Å². The normalized spacial score (nSPS) is 20.5. The number of nitrogens with zero attached hydrogens (tertiary/aromatic N) is 4. The number of piperidine rings is 1. The average molecular weight is 469 g/mol. The number of rotatable bonds is 4. The Morgan fingerprint density at radius 2 is 1.80 bits per heavy atom. The van der Waals surface area contributed by atoms with E-state index < -0.39 is 0 Å². The van der Waals surface area contributed by atoms with E-state index in [2.05, 4.69) is 62.6 Å². The molecule has 3 aliphatic rings. The van der Waals surface area contributed by atoms with Crippen LogP contribution in [0.25, 0.3) is 33.2 Å². The van der Waals surface area contributed by atoms with Crippen molar-refractivity contribution in [1.29, 1.82) is 0 Å². The van der Waals surface area contributed by atoms with Gasteiger partial charge in [-0.2, -0.15) is 0 Å². The Labute approximate surface area is 205 Å². The average Bonchev–Trinajstić information content (AvgIpc) is 3.37. The zero-order chi connectivity index (χ0) is 23.2. The van der Waals surface area contributed by atoms with Crippen LogP contribution < -0.4 is 10.2 Å². The standard InChI is InChI=1S/C28H32N6O/c1-2-22(21-6-9-30-24(21)3-1)26-31-25-5-4-20(17-33-18-28(19-33)7-10-29-11-8-28)16-23(25)27(32-26)34-12-14-35-15-13-34/h1-6,9,16,29-30H,7-8,10-15,17-19H2. The first-order valence-electron chi connectivity index (χ1n) is 12.9. The van der Waals surface area contributed by atoms with Crippen LogP contribution in [0.15, 0.2) is 48.7 Å². The van der Waals surface area contributed by atoms with Crippen molar-refractivity contribution in [3.05, 3.63) is 54.2 Å². The van der Waals surface area contributed by atoms with Crippen LogP contribution in [0.5, 0.6) is 0 Å². The van der Waals surface area contributed by atoms with Crippen molar-refractivity contribution in [3.63, 3.8) is 0 Å². The molecular weight excluding hydrogens is 436 g/mol. The molecule has 180 valence electrons. The molecule has 0 radical (unpaired) electrons. The molecule has 0 atom stereocenters. The third-order valence-corrected chi connectivity index (χ3v) is 8.07. The molecule has 35 heavy (non-hydrogen) atoms. The van der Waals surface area contributed by atoms with Gasteiger partial charge in [-0.25, -0.2) is 9.97 Å². The molecule has 5 heterocycles. The molecule has 0 aliphatic carbocycles. The van der Waals surface area contributed by atoms with Crippen molar-refractivity contribution in [1.82, 2.24) is 25.2 Å². The van der Waals surface area contributed by atoms with Crippen LogP contribution >= 0.6 is 0 Å². The number of H-pyrrole nitrogens is 1. The Morgan fingerprint density at radius 1 is 0.943 bits per heavy atom. The van der Waals surface area contributed by atoms with Gasteiger partial charge < -0.3 is 19.9 Å². The van der Waals surface area contributed by atoms with E-state index in [-0.39, 0.29) is 0 Å². The lowest BCUT2D eigenvalue weighted by molar-refractivity contribution is -0.0282. The summed E-state index contributed by atoms with van der Waals surface area (Å²) in [6, 6.07) is 15.2. The van der Waals surface area contributed by atoms with Crippen LogP contribution in [0.2, 0.25) is 0 Å². The van der Waals surface area contributed by atoms with Crippen LogP contribution in [-0.4, -0.2) is 72.3 Å². The second-order valence-corrected chi connectivity index (χ2v) is 10.5. The summed E-state index contributed by atoms with van der Waals surface area (Å²) < 4.78 is 5.65. The number of aromatic amines is 1. The Bertz CT molecular complexity index is 1360. The molecule has 0 unspecified atom stereocenters. The maximum absolute atomic E-state index is 5.65. The van der Waals surface area contributed by atoms with Gasteiger partial charge in [0.15, 0.2) is 5.82 Å². The van der Waals surface area contributed by atoms with Crippen molar-refractivity contribution in [2.24, 2.45) is 5.41 Å². The summed E-state index contributed by atoms with van der Waals surface area (Å²) >= 11 is 0. The fourth-order valence-corrected chi connectivity index (χ4v) is 6.22. The molecule has 1 spiro atoms. The molecule has 2 aromatic heterocycles. The lowest BCUT2D eigenvalue weighted by Crippen LogP contribution is -2.59. The lowest BCUT2D eigenvalue weighted by atomic mass is 9.72. The maximum atomic E-state index is 5.65.